The van der Waals surface area contributed by atoms with E-state index in [2.05, 4.69) is 0 Å². The molecule has 0 spiro atoms. The molecule has 0 aliphatic rings. The summed E-state index contributed by atoms with van der Waals surface area (Å²) in [4.78, 5) is 0. The van der Waals surface area contributed by atoms with E-state index in [0.717, 1.165) is 0 Å². The molecule has 0 aromatic heterocycles. The average Bonchev–Trinajstić information content (AvgIpc) is 2.24. The molecule has 0 fully saturated rings. The molecule has 0 bridgehead atoms. The molecule has 0 saturated heterocycles. The second-order valence-corrected chi connectivity index (χ2v) is 4.58. The van der Waals surface area contributed by atoms with Gasteiger partial charge in [-0.1, -0.05) is 23.2 Å². The number of aliphatic hydroxyl groups excluding tert-OH is 2. The van der Waals surface area contributed by atoms with Crippen LogP contribution in [-0.4, -0.2) is 22.2 Å². The molecule has 0 saturated carbocycles. The number of nitrogens with two attached hydrogens (primary N) is 1. The Bertz CT molecular complexity index is 350. The van der Waals surface area contributed by atoms with E-state index in [1.807, 2.05) is 0 Å². The first-order valence-electron chi connectivity index (χ1n) is 4.64. The van der Waals surface area contributed by atoms with E-state index in [1.165, 1.54) is 12.1 Å². The smallest absolute Gasteiger partial charge is 0.105 e. The van der Waals surface area contributed by atoms with Gasteiger partial charge in [-0.05, 0) is 24.1 Å². The largest absolute Gasteiger partial charge is 0.396 e. The minimum atomic E-state index is -1.07. The van der Waals surface area contributed by atoms with Gasteiger partial charge in [0.05, 0.1) is 21.8 Å². The first kappa shape index (κ1) is 13.9. The van der Waals surface area contributed by atoms with E-state index in [4.69, 9.17) is 40.5 Å². The van der Waals surface area contributed by atoms with E-state index in [-0.39, 0.29) is 28.0 Å². The number of alkyl halides is 1. The third kappa shape index (κ3) is 3.15. The lowest BCUT2D eigenvalue weighted by Crippen LogP contribution is -2.18. The van der Waals surface area contributed by atoms with Gasteiger partial charge in [-0.15, -0.1) is 11.6 Å². The van der Waals surface area contributed by atoms with Gasteiger partial charge in [0.25, 0.3) is 0 Å². The van der Waals surface area contributed by atoms with Crippen LogP contribution in [-0.2, 0) is 0 Å². The van der Waals surface area contributed by atoms with E-state index < -0.39 is 12.2 Å². The van der Waals surface area contributed by atoms with Crippen molar-refractivity contribution in [3.63, 3.8) is 0 Å². The predicted octanol–water partition coefficient (Wildman–Crippen LogP) is 2.60. The molecule has 0 aliphatic carbocycles. The summed E-state index contributed by atoms with van der Waals surface area (Å²) in [5.74, 6) is 0.259. The highest BCUT2D eigenvalue weighted by Gasteiger charge is 2.19. The standard InChI is InChI=1S/C10H12Cl3NO2/c11-2-1-8(15)10(16)5-3-6(12)9(14)7(13)4-5/h3-4,8,10,15-16H,1-2,14H2. The van der Waals surface area contributed by atoms with Crippen LogP contribution >= 0.6 is 34.8 Å². The summed E-state index contributed by atoms with van der Waals surface area (Å²) in [5.41, 5.74) is 6.23. The second kappa shape index (κ2) is 5.94. The second-order valence-electron chi connectivity index (χ2n) is 3.39. The van der Waals surface area contributed by atoms with Gasteiger partial charge in [-0.25, -0.2) is 0 Å². The Morgan fingerprint density at radius 2 is 1.69 bits per heavy atom. The van der Waals surface area contributed by atoms with Crippen LogP contribution in [0.2, 0.25) is 10.0 Å². The zero-order valence-corrected chi connectivity index (χ0v) is 10.6. The van der Waals surface area contributed by atoms with Crippen molar-refractivity contribution in [1.82, 2.24) is 0 Å². The summed E-state index contributed by atoms with van der Waals surface area (Å²) < 4.78 is 0. The number of halogens is 3. The fourth-order valence-corrected chi connectivity index (χ4v) is 1.99. The van der Waals surface area contributed by atoms with E-state index in [9.17, 15) is 10.2 Å². The molecule has 2 unspecified atom stereocenters. The van der Waals surface area contributed by atoms with Gasteiger partial charge in [-0.3, -0.25) is 0 Å². The lowest BCUT2D eigenvalue weighted by atomic mass is 10.0. The monoisotopic (exact) mass is 283 g/mol. The van der Waals surface area contributed by atoms with Gasteiger partial charge >= 0.3 is 0 Å². The highest BCUT2D eigenvalue weighted by molar-refractivity contribution is 6.38. The molecule has 4 N–H and O–H groups in total. The Hall–Kier alpha value is -0.190. The number of hydrogen-bond donors (Lipinski definition) is 3. The van der Waals surface area contributed by atoms with Crippen molar-refractivity contribution < 1.29 is 10.2 Å². The molecule has 0 amide bonds. The summed E-state index contributed by atoms with van der Waals surface area (Å²) in [7, 11) is 0. The first-order chi connectivity index (χ1) is 7.47. The quantitative estimate of drug-likeness (QED) is 0.588. The fourth-order valence-electron chi connectivity index (χ4n) is 1.27. The van der Waals surface area contributed by atoms with E-state index in [1.54, 1.807) is 0 Å². The first-order valence-corrected chi connectivity index (χ1v) is 5.93. The summed E-state index contributed by atoms with van der Waals surface area (Å²) in [6.45, 7) is 0. The summed E-state index contributed by atoms with van der Waals surface area (Å²) in [5, 5.41) is 19.9. The van der Waals surface area contributed by atoms with Gasteiger partial charge in [0.15, 0.2) is 0 Å². The molecular formula is C10H12Cl3NO2. The number of aliphatic hydroxyl groups is 2. The maximum absolute atomic E-state index is 9.79. The fraction of sp³-hybridized carbons (Fsp3) is 0.400. The van der Waals surface area contributed by atoms with Crippen LogP contribution in [0.25, 0.3) is 0 Å². The topological polar surface area (TPSA) is 66.5 Å². The molecule has 2 atom stereocenters. The zero-order valence-electron chi connectivity index (χ0n) is 8.33. The third-order valence-corrected chi connectivity index (χ3v) is 3.06. The third-order valence-electron chi connectivity index (χ3n) is 2.21. The molecular weight excluding hydrogens is 272 g/mol. The number of nitrogen functional groups attached to an aromatic ring is 1. The Labute approximate surface area is 109 Å². The number of hydrogen-bond acceptors (Lipinski definition) is 3. The van der Waals surface area contributed by atoms with Crippen molar-refractivity contribution in [1.29, 1.82) is 0 Å². The molecule has 0 radical (unpaired) electrons. The van der Waals surface area contributed by atoms with Gasteiger partial charge in [0.1, 0.15) is 6.10 Å². The van der Waals surface area contributed by atoms with Gasteiger partial charge < -0.3 is 15.9 Å². The minimum absolute atomic E-state index is 0.250. The van der Waals surface area contributed by atoms with Crippen LogP contribution in [0.3, 0.4) is 0 Å². The van der Waals surface area contributed by atoms with Crippen molar-refractivity contribution in [3.8, 4) is 0 Å². The molecule has 1 aromatic carbocycles. The van der Waals surface area contributed by atoms with Crippen molar-refractivity contribution in [3.05, 3.63) is 27.7 Å². The summed E-state index contributed by atoms with van der Waals surface area (Å²) in [6, 6.07) is 2.95. The van der Waals surface area contributed by atoms with Crippen LogP contribution in [0.5, 0.6) is 0 Å². The highest BCUT2D eigenvalue weighted by atomic mass is 35.5. The molecule has 0 aliphatic heterocycles. The molecule has 90 valence electrons. The molecule has 1 aromatic rings. The van der Waals surface area contributed by atoms with Gasteiger partial charge in [0, 0.05) is 5.88 Å². The van der Waals surface area contributed by atoms with Crippen LogP contribution in [0.1, 0.15) is 18.1 Å². The van der Waals surface area contributed by atoms with Crippen LogP contribution in [0.15, 0.2) is 12.1 Å². The van der Waals surface area contributed by atoms with Crippen molar-refractivity contribution in [2.45, 2.75) is 18.6 Å². The number of rotatable bonds is 4. The Kier molecular flexibility index (Phi) is 5.15. The van der Waals surface area contributed by atoms with Crippen LogP contribution in [0, 0.1) is 0 Å². The highest BCUT2D eigenvalue weighted by Crippen LogP contribution is 2.32. The Balaban J connectivity index is 2.96. The maximum Gasteiger partial charge on any atom is 0.105 e. The normalized spacial score (nSPS) is 14.8. The lowest BCUT2D eigenvalue weighted by molar-refractivity contribution is 0.0170. The lowest BCUT2D eigenvalue weighted by Gasteiger charge is -2.18. The van der Waals surface area contributed by atoms with E-state index >= 15 is 0 Å². The van der Waals surface area contributed by atoms with Crippen molar-refractivity contribution in [2.75, 3.05) is 11.6 Å². The van der Waals surface area contributed by atoms with Gasteiger partial charge in [0.2, 0.25) is 0 Å². The van der Waals surface area contributed by atoms with E-state index in [0.29, 0.717) is 5.56 Å². The predicted molar refractivity (Wildman–Crippen MR) is 67.2 cm³/mol. The number of benzene rings is 1. The average molecular weight is 285 g/mol. The number of anilines is 1. The summed E-state index contributed by atoms with van der Waals surface area (Å²) in [6.07, 6.45) is -1.75. The Morgan fingerprint density at radius 1 is 1.19 bits per heavy atom. The molecule has 6 heteroatoms. The molecule has 3 nitrogen and oxygen atoms in total. The summed E-state index contributed by atoms with van der Waals surface area (Å²) >= 11 is 17.1. The molecule has 16 heavy (non-hydrogen) atoms. The SMILES string of the molecule is Nc1c(Cl)cc(C(O)C(O)CCCl)cc1Cl. The van der Waals surface area contributed by atoms with Crippen LogP contribution in [0.4, 0.5) is 5.69 Å². The molecule has 0 heterocycles. The van der Waals surface area contributed by atoms with Crippen LogP contribution < -0.4 is 5.73 Å². The zero-order chi connectivity index (χ0) is 12.3. The van der Waals surface area contributed by atoms with Crippen molar-refractivity contribution >= 4 is 40.5 Å². The minimum Gasteiger partial charge on any atom is -0.396 e. The molecule has 1 rings (SSSR count). The Morgan fingerprint density at radius 3 is 2.12 bits per heavy atom. The maximum atomic E-state index is 9.79. The van der Waals surface area contributed by atoms with Crippen molar-refractivity contribution in [2.24, 2.45) is 0 Å². The van der Waals surface area contributed by atoms with Gasteiger partial charge in [-0.2, -0.15) is 0 Å².